The van der Waals surface area contributed by atoms with Crippen LogP contribution < -0.4 is 11.1 Å². The van der Waals surface area contributed by atoms with E-state index in [1.54, 1.807) is 6.92 Å². The molecule has 7 nitrogen and oxygen atoms in total. The Kier molecular flexibility index (Phi) is 5.43. The summed E-state index contributed by atoms with van der Waals surface area (Å²) in [5.74, 6) is -1.63. The van der Waals surface area contributed by atoms with Gasteiger partial charge in [-0.3, -0.25) is 9.59 Å². The number of carboxylic acids is 1. The highest BCUT2D eigenvalue weighted by molar-refractivity contribution is 5.89. The third-order valence-electron chi connectivity index (χ3n) is 2.30. The maximum absolute atomic E-state index is 11.7. The van der Waals surface area contributed by atoms with Crippen molar-refractivity contribution in [3.63, 3.8) is 0 Å². The molecular formula is C10H19N3O4. The van der Waals surface area contributed by atoms with Gasteiger partial charge < -0.3 is 21.1 Å². The molecule has 0 saturated carbocycles. The number of carboxylic acid groups (broad SMARTS) is 1. The van der Waals surface area contributed by atoms with E-state index >= 15 is 0 Å². The summed E-state index contributed by atoms with van der Waals surface area (Å²) in [6.07, 6.45) is -0.141. The van der Waals surface area contributed by atoms with E-state index in [9.17, 15) is 14.4 Å². The molecule has 0 fully saturated rings. The Balaban J connectivity index is 4.45. The first-order chi connectivity index (χ1) is 7.70. The van der Waals surface area contributed by atoms with E-state index < -0.39 is 23.4 Å². The molecule has 0 atom stereocenters. The maximum atomic E-state index is 11.7. The monoisotopic (exact) mass is 245 g/mol. The molecule has 0 aromatic heterocycles. The summed E-state index contributed by atoms with van der Waals surface area (Å²) in [7, 11) is 0. The summed E-state index contributed by atoms with van der Waals surface area (Å²) in [4.78, 5) is 34.5. The zero-order valence-electron chi connectivity index (χ0n) is 10.3. The van der Waals surface area contributed by atoms with Gasteiger partial charge in [0.25, 0.3) is 0 Å². The normalized spacial score (nSPS) is 10.8. The molecule has 0 heterocycles. The number of nitrogens with one attached hydrogen (secondary N) is 1. The summed E-state index contributed by atoms with van der Waals surface area (Å²) in [5, 5.41) is 11.0. The van der Waals surface area contributed by atoms with E-state index in [1.807, 2.05) is 0 Å². The fourth-order valence-corrected chi connectivity index (χ4v) is 1.04. The summed E-state index contributed by atoms with van der Waals surface area (Å²) in [6, 6.07) is -0.502. The van der Waals surface area contributed by atoms with Crippen LogP contribution in [-0.2, 0) is 9.59 Å². The van der Waals surface area contributed by atoms with Crippen LogP contribution in [-0.4, -0.2) is 46.5 Å². The first kappa shape index (κ1) is 15.2. The van der Waals surface area contributed by atoms with Gasteiger partial charge >= 0.3 is 12.0 Å². The van der Waals surface area contributed by atoms with Crippen molar-refractivity contribution >= 4 is 17.9 Å². The predicted molar refractivity (Wildman–Crippen MR) is 61.3 cm³/mol. The number of aliphatic carboxylic acids is 1. The van der Waals surface area contributed by atoms with Crippen LogP contribution in [0.5, 0.6) is 0 Å². The van der Waals surface area contributed by atoms with Crippen LogP contribution in [0.25, 0.3) is 0 Å². The van der Waals surface area contributed by atoms with Gasteiger partial charge in [-0.05, 0) is 20.8 Å². The number of amides is 3. The van der Waals surface area contributed by atoms with Crippen LogP contribution in [0.3, 0.4) is 0 Å². The van der Waals surface area contributed by atoms with Crippen LogP contribution in [0, 0.1) is 0 Å². The smallest absolute Gasteiger partial charge is 0.318 e. The number of urea groups is 1. The lowest BCUT2D eigenvalue weighted by atomic mass is 10.1. The Labute approximate surface area is 100.0 Å². The lowest BCUT2D eigenvalue weighted by Gasteiger charge is -2.27. The van der Waals surface area contributed by atoms with E-state index in [0.717, 1.165) is 0 Å². The SMILES string of the molecule is CCN(CCC(=O)O)C(=O)NC(C)(C)C(N)=O. The van der Waals surface area contributed by atoms with Crippen LogP contribution in [0.4, 0.5) is 4.79 Å². The number of carbonyl (C=O) groups excluding carboxylic acids is 2. The molecule has 0 aliphatic heterocycles. The third kappa shape index (κ3) is 5.19. The van der Waals surface area contributed by atoms with Crippen LogP contribution >= 0.6 is 0 Å². The van der Waals surface area contributed by atoms with Crippen molar-refractivity contribution in [2.45, 2.75) is 32.7 Å². The fraction of sp³-hybridized carbons (Fsp3) is 0.700. The molecular weight excluding hydrogens is 226 g/mol. The molecule has 0 aliphatic rings. The van der Waals surface area contributed by atoms with E-state index in [2.05, 4.69) is 5.32 Å². The minimum atomic E-state index is -1.16. The van der Waals surface area contributed by atoms with Crippen molar-refractivity contribution in [2.75, 3.05) is 13.1 Å². The zero-order chi connectivity index (χ0) is 13.6. The molecule has 0 unspecified atom stereocenters. The van der Waals surface area contributed by atoms with Gasteiger partial charge in [0, 0.05) is 13.1 Å². The average Bonchev–Trinajstić information content (AvgIpc) is 2.16. The largest absolute Gasteiger partial charge is 0.481 e. The van der Waals surface area contributed by atoms with Gasteiger partial charge in [0.15, 0.2) is 0 Å². The summed E-state index contributed by atoms with van der Waals surface area (Å²) in [5.41, 5.74) is 3.96. The molecule has 0 rings (SSSR count). The number of rotatable bonds is 6. The topological polar surface area (TPSA) is 113 Å². The molecule has 0 aliphatic carbocycles. The zero-order valence-corrected chi connectivity index (χ0v) is 10.3. The van der Waals surface area contributed by atoms with Crippen LogP contribution in [0.1, 0.15) is 27.2 Å². The second-order valence-corrected chi connectivity index (χ2v) is 4.14. The molecule has 0 aromatic carbocycles. The van der Waals surface area contributed by atoms with Gasteiger partial charge in [-0.15, -0.1) is 0 Å². The summed E-state index contributed by atoms with van der Waals surface area (Å²) >= 11 is 0. The minimum Gasteiger partial charge on any atom is -0.481 e. The van der Waals surface area contributed by atoms with Gasteiger partial charge in [0.2, 0.25) is 5.91 Å². The number of carbonyl (C=O) groups is 3. The Morgan fingerprint density at radius 3 is 2.24 bits per heavy atom. The molecule has 0 aromatic rings. The Hall–Kier alpha value is -1.79. The second-order valence-electron chi connectivity index (χ2n) is 4.14. The molecule has 98 valence electrons. The minimum absolute atomic E-state index is 0.0898. The highest BCUT2D eigenvalue weighted by Gasteiger charge is 2.28. The van der Waals surface area contributed by atoms with Crippen molar-refractivity contribution in [1.82, 2.24) is 10.2 Å². The van der Waals surface area contributed by atoms with Gasteiger partial charge in [0.1, 0.15) is 5.54 Å². The molecule has 0 bridgehead atoms. The number of nitrogens with zero attached hydrogens (tertiary/aromatic N) is 1. The van der Waals surface area contributed by atoms with Gasteiger partial charge in [-0.25, -0.2) is 4.79 Å². The lowest BCUT2D eigenvalue weighted by Crippen LogP contribution is -2.56. The highest BCUT2D eigenvalue weighted by Crippen LogP contribution is 2.03. The van der Waals surface area contributed by atoms with Crippen molar-refractivity contribution < 1.29 is 19.5 Å². The Morgan fingerprint density at radius 1 is 1.35 bits per heavy atom. The quantitative estimate of drug-likeness (QED) is 0.599. The lowest BCUT2D eigenvalue weighted by molar-refractivity contribution is -0.137. The molecule has 0 spiro atoms. The highest BCUT2D eigenvalue weighted by atomic mass is 16.4. The van der Waals surface area contributed by atoms with E-state index in [1.165, 1.54) is 18.7 Å². The average molecular weight is 245 g/mol. The fourth-order valence-electron chi connectivity index (χ4n) is 1.04. The Bertz CT molecular complexity index is 315. The predicted octanol–water partition coefficient (Wildman–Crippen LogP) is -0.243. The van der Waals surface area contributed by atoms with Crippen molar-refractivity contribution in [1.29, 1.82) is 0 Å². The maximum Gasteiger partial charge on any atom is 0.318 e. The van der Waals surface area contributed by atoms with E-state index in [0.29, 0.717) is 6.54 Å². The van der Waals surface area contributed by atoms with Crippen molar-refractivity contribution in [3.8, 4) is 0 Å². The molecule has 7 heteroatoms. The van der Waals surface area contributed by atoms with Crippen molar-refractivity contribution in [2.24, 2.45) is 5.73 Å². The van der Waals surface area contributed by atoms with Gasteiger partial charge in [0.05, 0.1) is 6.42 Å². The van der Waals surface area contributed by atoms with Gasteiger partial charge in [-0.1, -0.05) is 0 Å². The van der Waals surface area contributed by atoms with E-state index in [4.69, 9.17) is 10.8 Å². The van der Waals surface area contributed by atoms with Crippen LogP contribution in [0.15, 0.2) is 0 Å². The van der Waals surface area contributed by atoms with Crippen molar-refractivity contribution in [3.05, 3.63) is 0 Å². The van der Waals surface area contributed by atoms with E-state index in [-0.39, 0.29) is 13.0 Å². The first-order valence-corrected chi connectivity index (χ1v) is 5.29. The first-order valence-electron chi connectivity index (χ1n) is 5.29. The summed E-state index contributed by atoms with van der Waals surface area (Å²) in [6.45, 7) is 5.13. The number of hydrogen-bond acceptors (Lipinski definition) is 3. The molecule has 3 amide bonds. The standard InChI is InChI=1S/C10H19N3O4/c1-4-13(6-5-7(14)15)9(17)12-10(2,3)8(11)16/h4-6H2,1-3H3,(H2,11,16)(H,12,17)(H,14,15). The number of hydrogen-bond donors (Lipinski definition) is 3. The Morgan fingerprint density at radius 2 is 1.88 bits per heavy atom. The van der Waals surface area contributed by atoms with Crippen LogP contribution in [0.2, 0.25) is 0 Å². The van der Waals surface area contributed by atoms with Gasteiger partial charge in [-0.2, -0.15) is 0 Å². The summed E-state index contributed by atoms with van der Waals surface area (Å²) < 4.78 is 0. The molecule has 4 N–H and O–H groups in total. The number of nitrogens with two attached hydrogens (primary N) is 1. The molecule has 17 heavy (non-hydrogen) atoms. The molecule has 0 radical (unpaired) electrons. The number of primary amides is 1. The second kappa shape index (κ2) is 6.07. The molecule has 0 saturated heterocycles. The third-order valence-corrected chi connectivity index (χ3v) is 2.30.